The van der Waals surface area contributed by atoms with Gasteiger partial charge in [0.05, 0.1) is 0 Å². The molecule has 0 radical (unpaired) electrons. The lowest BCUT2D eigenvalue weighted by Gasteiger charge is -2.10. The highest BCUT2D eigenvalue weighted by atomic mass is 19.2. The lowest BCUT2D eigenvalue weighted by Crippen LogP contribution is -1.97. The number of hydrogen-bond acceptors (Lipinski definition) is 0. The van der Waals surface area contributed by atoms with Crippen LogP contribution in [-0.2, 0) is 6.42 Å². The van der Waals surface area contributed by atoms with Crippen LogP contribution < -0.4 is 0 Å². The molecule has 0 aromatic heterocycles. The molecule has 0 spiro atoms. The molecule has 3 rings (SSSR count). The van der Waals surface area contributed by atoms with Crippen LogP contribution in [0.25, 0.3) is 22.3 Å². The summed E-state index contributed by atoms with van der Waals surface area (Å²) >= 11 is 0. The molecule has 0 heterocycles. The van der Waals surface area contributed by atoms with Gasteiger partial charge in [-0.15, -0.1) is 6.58 Å². The Hall–Kier alpha value is -2.88. The number of rotatable bonds is 5. The Morgan fingerprint density at radius 2 is 1.22 bits per heavy atom. The van der Waals surface area contributed by atoms with Crippen molar-refractivity contribution in [3.05, 3.63) is 95.6 Å². The fourth-order valence-corrected chi connectivity index (χ4v) is 2.96. The van der Waals surface area contributed by atoms with E-state index < -0.39 is 23.3 Å². The average Bonchev–Trinajstić information content (AvgIpc) is 2.68. The van der Waals surface area contributed by atoms with Gasteiger partial charge >= 0.3 is 0 Å². The first kappa shape index (κ1) is 18.9. The summed E-state index contributed by atoms with van der Waals surface area (Å²) in [6.07, 6.45) is 2.59. The van der Waals surface area contributed by atoms with Crippen LogP contribution in [0.2, 0.25) is 0 Å². The largest absolute Gasteiger partial charge is 0.203 e. The molecule has 4 heteroatoms. The Bertz CT molecular complexity index is 988. The smallest absolute Gasteiger partial charge is 0.166 e. The van der Waals surface area contributed by atoms with Gasteiger partial charge in [-0.2, -0.15) is 0 Å². The summed E-state index contributed by atoms with van der Waals surface area (Å²) in [5.74, 6) is -3.60. The van der Waals surface area contributed by atoms with Crippen molar-refractivity contribution < 1.29 is 17.6 Å². The monoisotopic (exact) mass is 370 g/mol. The average molecular weight is 370 g/mol. The topological polar surface area (TPSA) is 0 Å². The molecule has 0 unspecified atom stereocenters. The Kier molecular flexibility index (Phi) is 5.45. The lowest BCUT2D eigenvalue weighted by atomic mass is 9.97. The zero-order chi connectivity index (χ0) is 19.6. The summed E-state index contributed by atoms with van der Waals surface area (Å²) in [4.78, 5) is 0. The molecular weight excluding hydrogens is 352 g/mol. The molecule has 0 bridgehead atoms. The second kappa shape index (κ2) is 7.78. The molecule has 0 amide bonds. The van der Waals surface area contributed by atoms with E-state index in [0.717, 1.165) is 0 Å². The Morgan fingerprint density at radius 3 is 1.78 bits per heavy atom. The van der Waals surface area contributed by atoms with Gasteiger partial charge in [0, 0.05) is 11.1 Å². The molecule has 0 atom stereocenters. The maximum Gasteiger partial charge on any atom is 0.166 e. The summed E-state index contributed by atoms with van der Waals surface area (Å²) in [5.41, 5.74) is 1.68. The van der Waals surface area contributed by atoms with Crippen LogP contribution in [0.5, 0.6) is 0 Å². The van der Waals surface area contributed by atoms with Crippen LogP contribution in [0.1, 0.15) is 17.5 Å². The predicted molar refractivity (Wildman–Crippen MR) is 100 cm³/mol. The van der Waals surface area contributed by atoms with Crippen LogP contribution in [-0.4, -0.2) is 0 Å². The van der Waals surface area contributed by atoms with E-state index in [4.69, 9.17) is 0 Å². The molecule has 0 aliphatic rings. The predicted octanol–water partition coefficient (Wildman–Crippen LogP) is 7.00. The van der Waals surface area contributed by atoms with Crippen molar-refractivity contribution >= 4 is 0 Å². The number of halogens is 4. The molecule has 0 nitrogen and oxygen atoms in total. The summed E-state index contributed by atoms with van der Waals surface area (Å²) in [6.45, 7) is 5.06. The van der Waals surface area contributed by atoms with Crippen molar-refractivity contribution in [2.75, 3.05) is 0 Å². The summed E-state index contributed by atoms with van der Waals surface area (Å²) in [5, 5.41) is 0. The molecule has 27 heavy (non-hydrogen) atoms. The summed E-state index contributed by atoms with van der Waals surface area (Å²) in [6, 6.07) is 12.3. The number of aryl methyl sites for hydroxylation is 2. The van der Waals surface area contributed by atoms with Gasteiger partial charge in [0.1, 0.15) is 0 Å². The number of allylic oxidation sites excluding steroid dienone is 1. The van der Waals surface area contributed by atoms with E-state index >= 15 is 0 Å². The third-order valence-corrected chi connectivity index (χ3v) is 4.56. The maximum absolute atomic E-state index is 14.4. The van der Waals surface area contributed by atoms with E-state index in [2.05, 4.69) is 6.58 Å². The minimum atomic E-state index is -0.924. The zero-order valence-corrected chi connectivity index (χ0v) is 14.8. The van der Waals surface area contributed by atoms with Crippen molar-refractivity contribution in [1.82, 2.24) is 0 Å². The van der Waals surface area contributed by atoms with Crippen molar-refractivity contribution in [3.8, 4) is 22.3 Å². The number of benzene rings is 3. The third-order valence-electron chi connectivity index (χ3n) is 4.56. The highest BCUT2D eigenvalue weighted by molar-refractivity contribution is 5.71. The van der Waals surface area contributed by atoms with E-state index in [1.54, 1.807) is 36.4 Å². The Balaban J connectivity index is 1.96. The molecule has 0 N–H and O–H groups in total. The molecule has 0 saturated heterocycles. The first-order valence-electron chi connectivity index (χ1n) is 8.57. The van der Waals surface area contributed by atoms with E-state index in [-0.39, 0.29) is 16.7 Å². The molecule has 0 fully saturated rings. The molecule has 3 aromatic carbocycles. The second-order valence-electron chi connectivity index (χ2n) is 6.36. The van der Waals surface area contributed by atoms with Gasteiger partial charge in [0.2, 0.25) is 0 Å². The van der Waals surface area contributed by atoms with Gasteiger partial charge in [-0.3, -0.25) is 0 Å². The first-order valence-corrected chi connectivity index (χ1v) is 8.57. The quantitative estimate of drug-likeness (QED) is 0.335. The summed E-state index contributed by atoms with van der Waals surface area (Å²) in [7, 11) is 0. The van der Waals surface area contributed by atoms with E-state index in [9.17, 15) is 17.6 Å². The van der Waals surface area contributed by atoms with E-state index in [0.29, 0.717) is 29.5 Å². The van der Waals surface area contributed by atoms with Crippen LogP contribution in [0.3, 0.4) is 0 Å². The highest BCUT2D eigenvalue weighted by Gasteiger charge is 2.16. The van der Waals surface area contributed by atoms with Crippen molar-refractivity contribution in [2.24, 2.45) is 0 Å². The summed E-state index contributed by atoms with van der Waals surface area (Å²) < 4.78 is 56.6. The van der Waals surface area contributed by atoms with E-state index in [1.807, 2.05) is 0 Å². The van der Waals surface area contributed by atoms with Crippen molar-refractivity contribution in [1.29, 1.82) is 0 Å². The fourth-order valence-electron chi connectivity index (χ4n) is 2.96. The lowest BCUT2D eigenvalue weighted by molar-refractivity contribution is 0.501. The number of hydrogen-bond donors (Lipinski definition) is 0. The Labute approximate surface area is 155 Å². The standard InChI is InChI=1S/C23H18F4/c1-3-4-5-17-11-13-19(23(27)21(17)25)16-9-7-15(8-10-16)18-12-6-14(2)20(24)22(18)26/h3,6-13H,1,4-5H2,2H3. The SMILES string of the molecule is C=CCCc1ccc(-c2ccc(-c3ccc(C)c(F)c3F)cc2)c(F)c1F. The molecule has 138 valence electrons. The molecule has 0 aliphatic carbocycles. The van der Waals surface area contributed by atoms with Gasteiger partial charge in [-0.05, 0) is 42.0 Å². The first-order chi connectivity index (χ1) is 12.9. The van der Waals surface area contributed by atoms with Crippen LogP contribution in [0, 0.1) is 30.2 Å². The third kappa shape index (κ3) is 3.65. The van der Waals surface area contributed by atoms with Gasteiger partial charge in [0.15, 0.2) is 23.3 Å². The maximum atomic E-state index is 14.4. The zero-order valence-electron chi connectivity index (χ0n) is 14.8. The molecular formula is C23H18F4. The van der Waals surface area contributed by atoms with Crippen LogP contribution in [0.15, 0.2) is 61.2 Å². The van der Waals surface area contributed by atoms with Crippen LogP contribution >= 0.6 is 0 Å². The minimum absolute atomic E-state index is 0.121. The normalized spacial score (nSPS) is 10.9. The fraction of sp³-hybridized carbons (Fsp3) is 0.130. The van der Waals surface area contributed by atoms with Gasteiger partial charge < -0.3 is 0 Å². The van der Waals surface area contributed by atoms with Gasteiger partial charge in [0.25, 0.3) is 0 Å². The van der Waals surface area contributed by atoms with Gasteiger partial charge in [-0.25, -0.2) is 17.6 Å². The van der Waals surface area contributed by atoms with Crippen LogP contribution in [0.4, 0.5) is 17.6 Å². The molecule has 3 aromatic rings. The minimum Gasteiger partial charge on any atom is -0.203 e. The molecule has 0 saturated carbocycles. The van der Waals surface area contributed by atoms with Gasteiger partial charge in [-0.1, -0.05) is 54.6 Å². The second-order valence-corrected chi connectivity index (χ2v) is 6.36. The van der Waals surface area contributed by atoms with E-state index in [1.165, 1.54) is 25.1 Å². The molecule has 0 aliphatic heterocycles. The van der Waals surface area contributed by atoms with Crippen molar-refractivity contribution in [2.45, 2.75) is 19.8 Å². The highest BCUT2D eigenvalue weighted by Crippen LogP contribution is 2.31. The van der Waals surface area contributed by atoms with Crippen molar-refractivity contribution in [3.63, 3.8) is 0 Å². The Morgan fingerprint density at radius 1 is 0.704 bits per heavy atom.